The lowest BCUT2D eigenvalue weighted by molar-refractivity contribution is -0.140. The van der Waals surface area contributed by atoms with E-state index in [1.807, 2.05) is 0 Å². The summed E-state index contributed by atoms with van der Waals surface area (Å²) < 4.78 is 56.4. The van der Waals surface area contributed by atoms with E-state index < -0.39 is 47.3 Å². The highest BCUT2D eigenvalue weighted by molar-refractivity contribution is 5.78. The van der Waals surface area contributed by atoms with Gasteiger partial charge in [0, 0.05) is 11.1 Å². The lowest BCUT2D eigenvalue weighted by Crippen LogP contribution is -2.68. The molecule has 4 rings (SSSR count). The molecule has 0 aliphatic heterocycles. The number of hydrogen-bond acceptors (Lipinski definition) is 4. The van der Waals surface area contributed by atoms with Gasteiger partial charge in [-0.1, -0.05) is 0 Å². The van der Waals surface area contributed by atoms with Gasteiger partial charge in [0.2, 0.25) is 0 Å². The molecule has 9 heteroatoms. The highest BCUT2D eigenvalue weighted by Crippen LogP contribution is 2.45. The minimum atomic E-state index is -4.85. The Balaban J connectivity index is 1.60. The van der Waals surface area contributed by atoms with Crippen molar-refractivity contribution >= 4 is 5.91 Å². The summed E-state index contributed by atoms with van der Waals surface area (Å²) in [6, 6.07) is 2.20. The molecular weight excluding hydrogens is 356 g/mol. The van der Waals surface area contributed by atoms with E-state index in [1.165, 1.54) is 0 Å². The third-order valence-electron chi connectivity index (χ3n) is 5.40. The van der Waals surface area contributed by atoms with Gasteiger partial charge in [0.15, 0.2) is 6.61 Å². The van der Waals surface area contributed by atoms with Crippen molar-refractivity contribution in [1.29, 1.82) is 0 Å². The number of amides is 1. The highest BCUT2D eigenvalue weighted by atomic mass is 19.4. The van der Waals surface area contributed by atoms with Crippen molar-refractivity contribution in [3.63, 3.8) is 0 Å². The lowest BCUT2D eigenvalue weighted by atomic mass is 9.60. The van der Waals surface area contributed by atoms with Crippen molar-refractivity contribution in [2.45, 2.75) is 55.5 Å². The van der Waals surface area contributed by atoms with E-state index in [2.05, 4.69) is 5.32 Å². The molecule has 0 saturated heterocycles. The molecule has 3 saturated carbocycles. The molecule has 1 aromatic carbocycles. The second kappa shape index (κ2) is 6.38. The van der Waals surface area contributed by atoms with E-state index >= 15 is 0 Å². The van der Waals surface area contributed by atoms with Gasteiger partial charge in [0.25, 0.3) is 5.91 Å². The zero-order valence-electron chi connectivity index (χ0n) is 13.9. The summed E-state index contributed by atoms with van der Waals surface area (Å²) >= 11 is 0. The Kier molecular flexibility index (Phi) is 4.64. The second-order valence-electron chi connectivity index (χ2n) is 7.21. The van der Waals surface area contributed by atoms with Gasteiger partial charge in [-0.05, 0) is 50.3 Å². The molecule has 144 valence electrons. The summed E-state index contributed by atoms with van der Waals surface area (Å²) in [6.07, 6.45) is -2.80. The molecule has 1 atom stereocenters. The molecular formula is C17H20F4N2O3. The van der Waals surface area contributed by atoms with Crippen LogP contribution in [0.3, 0.4) is 0 Å². The van der Waals surface area contributed by atoms with E-state index in [9.17, 15) is 27.5 Å². The average Bonchev–Trinajstić information content (AvgIpc) is 2.55. The third-order valence-corrected chi connectivity index (χ3v) is 5.40. The molecule has 3 fully saturated rings. The van der Waals surface area contributed by atoms with E-state index in [1.54, 1.807) is 0 Å². The molecule has 0 spiro atoms. The van der Waals surface area contributed by atoms with Crippen molar-refractivity contribution in [3.8, 4) is 5.75 Å². The minimum Gasteiger partial charge on any atom is -0.484 e. The van der Waals surface area contributed by atoms with Gasteiger partial charge in [-0.2, -0.15) is 13.2 Å². The van der Waals surface area contributed by atoms with E-state index in [0.717, 1.165) is 6.07 Å². The van der Waals surface area contributed by atoms with Gasteiger partial charge in [-0.25, -0.2) is 4.39 Å². The summed E-state index contributed by atoms with van der Waals surface area (Å²) in [6.45, 7) is -0.505. The summed E-state index contributed by atoms with van der Waals surface area (Å²) in [7, 11) is 0. The fourth-order valence-corrected chi connectivity index (χ4v) is 3.77. The SMILES string of the molecule is NC12CCC(NC(=O)COc3ccc(F)c(C(F)(F)F)c3)(CC1)CC2O. The Morgan fingerprint density at radius 1 is 1.31 bits per heavy atom. The molecule has 0 aromatic heterocycles. The number of carbonyl (C=O) groups excluding carboxylic acids is 1. The number of aliphatic hydroxyl groups is 1. The van der Waals surface area contributed by atoms with Crippen LogP contribution in [0.1, 0.15) is 37.7 Å². The first-order valence-corrected chi connectivity index (χ1v) is 8.31. The second-order valence-corrected chi connectivity index (χ2v) is 7.21. The van der Waals surface area contributed by atoms with Crippen LogP contribution in [0.4, 0.5) is 17.6 Å². The van der Waals surface area contributed by atoms with Crippen LogP contribution in [0.15, 0.2) is 18.2 Å². The van der Waals surface area contributed by atoms with Crippen LogP contribution >= 0.6 is 0 Å². The van der Waals surface area contributed by atoms with Crippen LogP contribution in [-0.2, 0) is 11.0 Å². The molecule has 0 radical (unpaired) electrons. The Hall–Kier alpha value is -1.87. The molecule has 26 heavy (non-hydrogen) atoms. The summed E-state index contributed by atoms with van der Waals surface area (Å²) in [5.74, 6) is -2.17. The molecule has 1 amide bonds. The van der Waals surface area contributed by atoms with Crippen molar-refractivity contribution in [3.05, 3.63) is 29.6 Å². The number of nitrogens with two attached hydrogens (primary N) is 1. The smallest absolute Gasteiger partial charge is 0.419 e. The summed E-state index contributed by atoms with van der Waals surface area (Å²) in [5.41, 5.74) is 3.49. The molecule has 4 N–H and O–H groups in total. The van der Waals surface area contributed by atoms with Crippen molar-refractivity contribution in [2.75, 3.05) is 6.61 Å². The third kappa shape index (κ3) is 3.64. The Morgan fingerprint density at radius 3 is 2.54 bits per heavy atom. The standard InChI is InChI=1S/C17H20F4N2O3/c18-12-2-1-10(7-11(12)17(19,20)21)26-9-14(25)23-15-3-5-16(22,6-4-15)13(24)8-15/h1-2,7,13,24H,3-6,8-9,22H2,(H,23,25). The number of fused-ring (bicyclic) bond motifs is 3. The van der Waals surface area contributed by atoms with Crippen molar-refractivity contribution in [1.82, 2.24) is 5.32 Å². The van der Waals surface area contributed by atoms with E-state index in [-0.39, 0.29) is 5.75 Å². The molecule has 5 nitrogen and oxygen atoms in total. The van der Waals surface area contributed by atoms with Crippen molar-refractivity contribution < 1.29 is 32.2 Å². The Bertz CT molecular complexity index is 700. The minimum absolute atomic E-state index is 0.250. The fourth-order valence-electron chi connectivity index (χ4n) is 3.77. The van der Waals surface area contributed by atoms with Crippen LogP contribution in [0.2, 0.25) is 0 Å². The summed E-state index contributed by atoms with van der Waals surface area (Å²) in [4.78, 5) is 12.2. The fraction of sp³-hybridized carbons (Fsp3) is 0.588. The number of halogens is 4. The van der Waals surface area contributed by atoms with Gasteiger partial charge >= 0.3 is 6.18 Å². The quantitative estimate of drug-likeness (QED) is 0.703. The Morgan fingerprint density at radius 2 is 1.96 bits per heavy atom. The van der Waals surface area contributed by atoms with Crippen LogP contribution in [-0.4, -0.2) is 34.8 Å². The molecule has 0 heterocycles. The number of hydrogen-bond donors (Lipinski definition) is 3. The zero-order chi connectivity index (χ0) is 19.2. The number of benzene rings is 1. The lowest BCUT2D eigenvalue weighted by Gasteiger charge is -2.54. The first-order valence-electron chi connectivity index (χ1n) is 8.31. The van der Waals surface area contributed by atoms with E-state index in [0.29, 0.717) is 44.2 Å². The first kappa shape index (κ1) is 18.9. The number of ether oxygens (including phenoxy) is 1. The van der Waals surface area contributed by atoms with E-state index in [4.69, 9.17) is 10.5 Å². The number of alkyl halides is 3. The van der Waals surface area contributed by atoms with Crippen molar-refractivity contribution in [2.24, 2.45) is 5.73 Å². The molecule has 1 aromatic rings. The van der Waals surface area contributed by atoms with Gasteiger partial charge in [-0.15, -0.1) is 0 Å². The predicted molar refractivity (Wildman–Crippen MR) is 83.8 cm³/mol. The monoisotopic (exact) mass is 376 g/mol. The number of carbonyl (C=O) groups is 1. The maximum absolute atomic E-state index is 13.3. The van der Waals surface area contributed by atoms with Crippen LogP contribution in [0.5, 0.6) is 5.75 Å². The highest BCUT2D eigenvalue weighted by Gasteiger charge is 2.52. The molecule has 2 bridgehead atoms. The van der Waals surface area contributed by atoms with Crippen LogP contribution in [0.25, 0.3) is 0 Å². The maximum atomic E-state index is 13.3. The largest absolute Gasteiger partial charge is 0.484 e. The number of rotatable bonds is 4. The molecule has 3 aliphatic carbocycles. The average molecular weight is 376 g/mol. The normalized spacial score (nSPS) is 30.9. The van der Waals surface area contributed by atoms with Gasteiger partial charge in [-0.3, -0.25) is 4.79 Å². The zero-order valence-corrected chi connectivity index (χ0v) is 13.9. The van der Waals surface area contributed by atoms with Gasteiger partial charge < -0.3 is 20.9 Å². The van der Waals surface area contributed by atoms with Gasteiger partial charge in [0.05, 0.1) is 11.7 Å². The van der Waals surface area contributed by atoms with Crippen LogP contribution in [0, 0.1) is 5.82 Å². The molecule has 3 aliphatic rings. The predicted octanol–water partition coefficient (Wildman–Crippen LogP) is 2.11. The topological polar surface area (TPSA) is 84.6 Å². The first-order chi connectivity index (χ1) is 12.0. The van der Waals surface area contributed by atoms with Crippen LogP contribution < -0.4 is 15.8 Å². The number of aliphatic hydroxyl groups excluding tert-OH is 1. The summed E-state index contributed by atoms with van der Waals surface area (Å²) in [5, 5.41) is 12.9. The molecule has 1 unspecified atom stereocenters. The maximum Gasteiger partial charge on any atom is 0.419 e. The number of nitrogens with one attached hydrogen (secondary N) is 1. The van der Waals surface area contributed by atoms with Gasteiger partial charge in [0.1, 0.15) is 11.6 Å². The Labute approximate surface area is 147 Å².